The zero-order valence-electron chi connectivity index (χ0n) is 20.2. The molecule has 0 aliphatic heterocycles. The van der Waals surface area contributed by atoms with Gasteiger partial charge in [-0.05, 0) is 44.9 Å². The molecular weight excluding hydrogens is 378 g/mol. The summed E-state index contributed by atoms with van der Waals surface area (Å²) < 4.78 is 0.515. The van der Waals surface area contributed by atoms with Crippen molar-refractivity contribution in [2.75, 3.05) is 27.7 Å². The summed E-state index contributed by atoms with van der Waals surface area (Å²) in [4.78, 5) is 11.5. The number of rotatable bonds is 20. The third-order valence-corrected chi connectivity index (χ3v) is 5.63. The molecule has 0 fully saturated rings. The Balaban J connectivity index is 3.78. The van der Waals surface area contributed by atoms with Crippen molar-refractivity contribution in [3.63, 3.8) is 0 Å². The summed E-state index contributed by atoms with van der Waals surface area (Å²) in [5.41, 5.74) is 0. The van der Waals surface area contributed by atoms with Gasteiger partial charge in [0.25, 0.3) is 0 Å². The van der Waals surface area contributed by atoms with Crippen LogP contribution in [0.5, 0.6) is 0 Å². The second kappa shape index (κ2) is 17.7. The number of aliphatic carboxylic acids is 1. The van der Waals surface area contributed by atoms with Gasteiger partial charge in [-0.1, -0.05) is 64.0 Å². The standard InChI is InChI=1S/C25H49NO4/c1-5-6-7-8-9-10-11-12-13-14-15-16-17-18-22(27)19-20-23(25(29)30)24(28)21-26(2,3)4/h12-13,22-24,27-28H,5-11,14-21H2,1-4H3/p+1/b13-12-. The Morgan fingerprint density at radius 3 is 1.87 bits per heavy atom. The molecule has 0 aromatic carbocycles. The molecule has 0 aromatic rings. The molecule has 0 heterocycles. The van der Waals surface area contributed by atoms with Crippen molar-refractivity contribution in [3.8, 4) is 0 Å². The van der Waals surface area contributed by atoms with Crippen LogP contribution in [0.4, 0.5) is 0 Å². The number of hydrogen-bond acceptors (Lipinski definition) is 3. The lowest BCUT2D eigenvalue weighted by molar-refractivity contribution is -0.874. The van der Waals surface area contributed by atoms with Crippen LogP contribution in [0.15, 0.2) is 12.2 Å². The first kappa shape index (κ1) is 29.1. The van der Waals surface area contributed by atoms with Crippen LogP contribution in [0.3, 0.4) is 0 Å². The molecule has 0 saturated carbocycles. The molecule has 3 atom stereocenters. The van der Waals surface area contributed by atoms with Crippen LogP contribution in [0.25, 0.3) is 0 Å². The van der Waals surface area contributed by atoms with E-state index in [-0.39, 0.29) is 0 Å². The van der Waals surface area contributed by atoms with Crippen molar-refractivity contribution in [2.24, 2.45) is 5.92 Å². The van der Waals surface area contributed by atoms with Crippen molar-refractivity contribution in [3.05, 3.63) is 12.2 Å². The van der Waals surface area contributed by atoms with Gasteiger partial charge in [-0.2, -0.15) is 0 Å². The monoisotopic (exact) mass is 428 g/mol. The van der Waals surface area contributed by atoms with Crippen LogP contribution in [0, 0.1) is 5.92 Å². The summed E-state index contributed by atoms with van der Waals surface area (Å²) in [6, 6.07) is 0. The van der Waals surface area contributed by atoms with E-state index in [1.807, 2.05) is 21.1 Å². The molecule has 5 heteroatoms. The van der Waals surface area contributed by atoms with Gasteiger partial charge in [0.2, 0.25) is 0 Å². The minimum Gasteiger partial charge on any atom is -0.481 e. The molecule has 0 spiro atoms. The van der Waals surface area contributed by atoms with Crippen molar-refractivity contribution in [2.45, 2.75) is 109 Å². The van der Waals surface area contributed by atoms with Crippen LogP contribution in [0.1, 0.15) is 96.8 Å². The van der Waals surface area contributed by atoms with E-state index in [9.17, 15) is 20.1 Å². The van der Waals surface area contributed by atoms with Crippen LogP contribution in [0.2, 0.25) is 0 Å². The highest BCUT2D eigenvalue weighted by atomic mass is 16.4. The Kier molecular flexibility index (Phi) is 17.2. The Morgan fingerprint density at radius 1 is 0.800 bits per heavy atom. The Labute approximate surface area is 185 Å². The Hall–Kier alpha value is -0.910. The van der Waals surface area contributed by atoms with Gasteiger partial charge in [-0.15, -0.1) is 0 Å². The van der Waals surface area contributed by atoms with E-state index >= 15 is 0 Å². The number of likely N-dealkylation sites (N-methyl/N-ethyl adjacent to an activating group) is 1. The number of carboxylic acid groups (broad SMARTS) is 1. The number of allylic oxidation sites excluding steroid dienone is 2. The van der Waals surface area contributed by atoms with Gasteiger partial charge in [0.15, 0.2) is 0 Å². The highest BCUT2D eigenvalue weighted by Gasteiger charge is 2.30. The number of carbonyl (C=O) groups is 1. The number of quaternary nitrogens is 1. The molecule has 0 aliphatic carbocycles. The number of aliphatic hydroxyl groups is 2. The quantitative estimate of drug-likeness (QED) is 0.142. The molecule has 0 radical (unpaired) electrons. The number of hydrogen-bond donors (Lipinski definition) is 3. The van der Waals surface area contributed by atoms with Gasteiger partial charge < -0.3 is 19.8 Å². The van der Waals surface area contributed by atoms with Crippen LogP contribution in [-0.4, -0.2) is 65.7 Å². The summed E-state index contributed by atoms with van der Waals surface area (Å²) >= 11 is 0. The Morgan fingerprint density at radius 2 is 1.33 bits per heavy atom. The minimum absolute atomic E-state index is 0.318. The zero-order valence-corrected chi connectivity index (χ0v) is 20.2. The smallest absolute Gasteiger partial charge is 0.309 e. The molecule has 3 N–H and O–H groups in total. The maximum absolute atomic E-state index is 11.5. The van der Waals surface area contributed by atoms with Gasteiger partial charge in [-0.25, -0.2) is 0 Å². The molecule has 5 nitrogen and oxygen atoms in total. The molecule has 0 rings (SSSR count). The van der Waals surface area contributed by atoms with E-state index in [1.54, 1.807) is 0 Å². The minimum atomic E-state index is -0.976. The fourth-order valence-corrected chi connectivity index (χ4v) is 3.78. The normalized spacial score (nSPS) is 15.4. The number of nitrogens with zero attached hydrogens (tertiary/aromatic N) is 1. The van der Waals surface area contributed by atoms with E-state index in [2.05, 4.69) is 19.1 Å². The number of unbranched alkanes of at least 4 members (excludes halogenated alkanes) is 9. The first-order valence-electron chi connectivity index (χ1n) is 12.2. The molecule has 178 valence electrons. The van der Waals surface area contributed by atoms with Gasteiger partial charge >= 0.3 is 5.97 Å². The summed E-state index contributed by atoms with van der Waals surface area (Å²) in [7, 11) is 5.79. The van der Waals surface area contributed by atoms with E-state index in [1.165, 1.54) is 44.9 Å². The molecule has 3 unspecified atom stereocenters. The average molecular weight is 429 g/mol. The predicted molar refractivity (Wildman–Crippen MR) is 125 cm³/mol. The van der Waals surface area contributed by atoms with E-state index in [0.29, 0.717) is 30.3 Å². The predicted octanol–water partition coefficient (Wildman–Crippen LogP) is 5.15. The van der Waals surface area contributed by atoms with Crippen LogP contribution >= 0.6 is 0 Å². The fourth-order valence-electron chi connectivity index (χ4n) is 3.78. The first-order valence-corrected chi connectivity index (χ1v) is 12.2. The third-order valence-electron chi connectivity index (χ3n) is 5.63. The summed E-state index contributed by atoms with van der Waals surface area (Å²) in [6.45, 7) is 2.64. The SMILES string of the molecule is CCCCCCCC/C=C\CCCCCC(O)CCC(C(=O)O)C(O)C[N+](C)(C)C. The van der Waals surface area contributed by atoms with Crippen molar-refractivity contribution in [1.29, 1.82) is 0 Å². The second-order valence-corrected chi connectivity index (χ2v) is 9.88. The molecule has 0 aliphatic rings. The van der Waals surface area contributed by atoms with E-state index < -0.39 is 24.1 Å². The number of aliphatic hydroxyl groups excluding tert-OH is 2. The fraction of sp³-hybridized carbons (Fsp3) is 0.880. The Bertz CT molecular complexity index is 445. The molecular formula is C25H50NO4+. The molecule has 0 saturated heterocycles. The van der Waals surface area contributed by atoms with E-state index in [0.717, 1.165) is 25.7 Å². The van der Waals surface area contributed by atoms with Gasteiger partial charge in [0.05, 0.1) is 33.2 Å². The van der Waals surface area contributed by atoms with Crippen molar-refractivity contribution < 1.29 is 24.6 Å². The largest absolute Gasteiger partial charge is 0.481 e. The number of carboxylic acids is 1. The van der Waals surface area contributed by atoms with Gasteiger partial charge in [0, 0.05) is 0 Å². The van der Waals surface area contributed by atoms with E-state index in [4.69, 9.17) is 0 Å². The lowest BCUT2D eigenvalue weighted by atomic mass is 9.93. The van der Waals surface area contributed by atoms with Crippen molar-refractivity contribution in [1.82, 2.24) is 0 Å². The topological polar surface area (TPSA) is 77.8 Å². The maximum atomic E-state index is 11.5. The van der Waals surface area contributed by atoms with Gasteiger partial charge in [-0.3, -0.25) is 4.79 Å². The third kappa shape index (κ3) is 17.9. The zero-order chi connectivity index (χ0) is 22.8. The average Bonchev–Trinajstić information content (AvgIpc) is 2.64. The van der Waals surface area contributed by atoms with Crippen LogP contribution < -0.4 is 0 Å². The van der Waals surface area contributed by atoms with Gasteiger partial charge in [0.1, 0.15) is 12.6 Å². The summed E-state index contributed by atoms with van der Waals surface area (Å²) in [6.07, 6.45) is 18.2. The maximum Gasteiger partial charge on any atom is 0.309 e. The molecule has 30 heavy (non-hydrogen) atoms. The first-order chi connectivity index (χ1) is 14.2. The molecule has 0 amide bonds. The molecule has 0 bridgehead atoms. The molecule has 0 aromatic heterocycles. The lowest BCUT2D eigenvalue weighted by Crippen LogP contribution is -2.45. The highest BCUT2D eigenvalue weighted by Crippen LogP contribution is 2.18. The lowest BCUT2D eigenvalue weighted by Gasteiger charge is -2.29. The second-order valence-electron chi connectivity index (χ2n) is 9.88. The van der Waals surface area contributed by atoms with Crippen molar-refractivity contribution >= 4 is 5.97 Å². The highest BCUT2D eigenvalue weighted by molar-refractivity contribution is 5.70. The van der Waals surface area contributed by atoms with Crippen LogP contribution in [-0.2, 0) is 4.79 Å². The summed E-state index contributed by atoms with van der Waals surface area (Å²) in [5, 5.41) is 29.8. The summed E-state index contributed by atoms with van der Waals surface area (Å²) in [5.74, 6) is -1.79.